The molecule has 3 unspecified atom stereocenters. The lowest BCUT2D eigenvalue weighted by Crippen LogP contribution is -2.55. The minimum atomic E-state index is -5.76. The van der Waals surface area contributed by atoms with E-state index in [-0.39, 0.29) is 28.2 Å². The van der Waals surface area contributed by atoms with Crippen LogP contribution >= 0.6 is 18.9 Å². The molecule has 0 spiro atoms. The van der Waals surface area contributed by atoms with Gasteiger partial charge >= 0.3 is 13.3 Å². The van der Waals surface area contributed by atoms with Crippen LogP contribution in [0.1, 0.15) is 65.9 Å². The number of nitrogens with zero attached hydrogens (tertiary/aromatic N) is 2. The summed E-state index contributed by atoms with van der Waals surface area (Å²) in [6, 6.07) is 12.6. The smallest absolute Gasteiger partial charge is 0.370 e. The molecule has 2 aliphatic rings. The number of carbonyl (C=O) groups excluding carboxylic acids is 3. The Bertz CT molecular complexity index is 1600. The van der Waals surface area contributed by atoms with E-state index in [9.17, 15) is 27.7 Å². The summed E-state index contributed by atoms with van der Waals surface area (Å²) in [4.78, 5) is 62.6. The molecule has 1 aromatic heterocycles. The van der Waals surface area contributed by atoms with Crippen LogP contribution in [0.15, 0.2) is 54.6 Å². The molecule has 3 atom stereocenters. The van der Waals surface area contributed by atoms with Crippen molar-refractivity contribution >= 4 is 46.7 Å². The first-order valence-electron chi connectivity index (χ1n) is 14.9. The summed E-state index contributed by atoms with van der Waals surface area (Å²) in [5, 5.41) is 3.02. The van der Waals surface area contributed by atoms with Gasteiger partial charge in [0.15, 0.2) is 0 Å². The van der Waals surface area contributed by atoms with Gasteiger partial charge in [0.05, 0.1) is 18.0 Å². The van der Waals surface area contributed by atoms with Crippen LogP contribution in [0.3, 0.4) is 0 Å². The van der Waals surface area contributed by atoms with E-state index in [1.54, 1.807) is 9.80 Å². The van der Waals surface area contributed by atoms with Crippen LogP contribution in [0.5, 0.6) is 0 Å². The van der Waals surface area contributed by atoms with Gasteiger partial charge in [0, 0.05) is 23.4 Å². The fourth-order valence-electron chi connectivity index (χ4n) is 5.82. The summed E-state index contributed by atoms with van der Waals surface area (Å²) in [6.45, 7) is 3.54. The van der Waals surface area contributed by atoms with Gasteiger partial charge in [0.1, 0.15) is 18.2 Å². The molecule has 2 aliphatic heterocycles. The van der Waals surface area contributed by atoms with Gasteiger partial charge in [-0.3, -0.25) is 18.9 Å². The average Bonchev–Trinajstić information content (AvgIpc) is 3.70. The molecule has 45 heavy (non-hydrogen) atoms. The van der Waals surface area contributed by atoms with Gasteiger partial charge in [0.2, 0.25) is 11.8 Å². The number of amides is 3. The number of hydrogen-bond acceptors (Lipinski definition) is 6. The minimum absolute atomic E-state index is 0.141. The molecule has 0 bridgehead atoms. The number of ether oxygens (including phenoxy) is 1. The van der Waals surface area contributed by atoms with Gasteiger partial charge in [-0.15, -0.1) is 11.3 Å². The topological polar surface area (TPSA) is 136 Å². The molecule has 3 amide bonds. The Kier molecular flexibility index (Phi) is 10.0. The molecule has 5 rings (SSSR count). The van der Waals surface area contributed by atoms with Gasteiger partial charge in [-0.2, -0.15) is 8.78 Å². The van der Waals surface area contributed by atoms with E-state index in [0.29, 0.717) is 56.6 Å². The minimum Gasteiger partial charge on any atom is -0.370 e. The van der Waals surface area contributed by atoms with Crippen molar-refractivity contribution in [1.82, 2.24) is 15.1 Å². The van der Waals surface area contributed by atoms with Gasteiger partial charge in [0.25, 0.3) is 5.91 Å². The summed E-state index contributed by atoms with van der Waals surface area (Å²) >= 11 is 1.02. The van der Waals surface area contributed by atoms with Crippen molar-refractivity contribution in [3.8, 4) is 0 Å². The second kappa shape index (κ2) is 13.6. The number of halogens is 2. The number of rotatable bonds is 10. The molecule has 3 N–H and O–H groups in total. The van der Waals surface area contributed by atoms with Crippen molar-refractivity contribution in [2.24, 2.45) is 0 Å². The van der Waals surface area contributed by atoms with Crippen LogP contribution in [-0.4, -0.2) is 75.6 Å². The van der Waals surface area contributed by atoms with Gasteiger partial charge < -0.3 is 29.6 Å². The first kappa shape index (κ1) is 33.2. The maximum absolute atomic E-state index is 14.3. The summed E-state index contributed by atoms with van der Waals surface area (Å²) in [6.07, 6.45) is 2.70. The van der Waals surface area contributed by atoms with Crippen molar-refractivity contribution < 1.29 is 42.3 Å². The Morgan fingerprint density at radius 2 is 1.89 bits per heavy atom. The number of fused-ring (bicyclic) bond motifs is 1. The normalized spacial score (nSPS) is 19.9. The van der Waals surface area contributed by atoms with Crippen molar-refractivity contribution in [3.05, 3.63) is 70.6 Å². The largest absolute Gasteiger partial charge is 0.399 e. The highest BCUT2D eigenvalue weighted by Gasteiger charge is 2.50. The SMILES string of the molecule is CCCCC(NC(=O)c1cc2cc(C(F)(F)P(=O)(O)O)ccc2s1)C(=O)N1CCCC1C(=O)N1CCOC(c2ccccc2)C1. The maximum Gasteiger partial charge on any atom is 0.399 e. The highest BCUT2D eigenvalue weighted by molar-refractivity contribution is 7.52. The van der Waals surface area contributed by atoms with E-state index >= 15 is 0 Å². The molecule has 0 radical (unpaired) electrons. The Labute approximate surface area is 263 Å². The Morgan fingerprint density at radius 1 is 1.13 bits per heavy atom. The molecule has 2 fully saturated rings. The number of likely N-dealkylation sites (tertiary alicyclic amines) is 1. The van der Waals surface area contributed by atoms with E-state index < -0.39 is 36.8 Å². The highest BCUT2D eigenvalue weighted by atomic mass is 32.1. The van der Waals surface area contributed by atoms with E-state index in [0.717, 1.165) is 35.5 Å². The average molecular weight is 664 g/mol. The van der Waals surface area contributed by atoms with Crippen LogP contribution in [0, 0.1) is 0 Å². The van der Waals surface area contributed by atoms with E-state index in [1.807, 2.05) is 37.3 Å². The molecule has 3 aromatic rings. The number of alkyl halides is 2. The third-order valence-corrected chi connectivity index (χ3v) is 10.4. The molecule has 14 heteroatoms. The Balaban J connectivity index is 1.30. The third kappa shape index (κ3) is 7.12. The first-order chi connectivity index (χ1) is 21.4. The van der Waals surface area contributed by atoms with E-state index in [1.165, 1.54) is 12.1 Å². The second-order valence-corrected chi connectivity index (χ2v) is 14.1. The molecule has 242 valence electrons. The van der Waals surface area contributed by atoms with Crippen LogP contribution in [0.4, 0.5) is 8.78 Å². The number of unbranched alkanes of at least 4 members (excludes halogenated alkanes) is 1. The van der Waals surface area contributed by atoms with Crippen molar-refractivity contribution in [3.63, 3.8) is 0 Å². The first-order valence-corrected chi connectivity index (χ1v) is 17.4. The number of hydrogen-bond donors (Lipinski definition) is 3. The monoisotopic (exact) mass is 663 g/mol. The molecule has 3 heterocycles. The van der Waals surface area contributed by atoms with Crippen LogP contribution < -0.4 is 5.32 Å². The molecule has 2 aromatic carbocycles. The lowest BCUT2D eigenvalue weighted by atomic mass is 10.1. The second-order valence-electron chi connectivity index (χ2n) is 11.4. The van der Waals surface area contributed by atoms with E-state index in [2.05, 4.69) is 5.32 Å². The molecule has 10 nitrogen and oxygen atoms in total. The zero-order valence-electron chi connectivity index (χ0n) is 24.7. The fraction of sp³-hybridized carbons (Fsp3) is 0.452. The van der Waals surface area contributed by atoms with Crippen LogP contribution in [-0.2, 0) is 24.6 Å². The van der Waals surface area contributed by atoms with Gasteiger partial charge in [-0.05, 0) is 48.4 Å². The zero-order chi connectivity index (χ0) is 32.4. The zero-order valence-corrected chi connectivity index (χ0v) is 26.4. The predicted octanol–water partition coefficient (Wildman–Crippen LogP) is 5.01. The van der Waals surface area contributed by atoms with Crippen LogP contribution in [0.25, 0.3) is 10.1 Å². The van der Waals surface area contributed by atoms with Gasteiger partial charge in [-0.1, -0.05) is 56.2 Å². The molecular formula is C31H36F2N3O7PS. The number of nitrogens with one attached hydrogen (secondary N) is 1. The summed E-state index contributed by atoms with van der Waals surface area (Å²) in [5.74, 6) is -1.06. The standard InChI is InChI=1S/C31H36F2N3O7PS/c1-2-3-10-23(34-28(37)27-18-21-17-22(12-13-26(21)45-27)31(32,33)44(40,41)42)29(38)36-14-7-11-24(36)30(39)35-15-16-43-25(19-35)20-8-5-4-6-9-20/h4-6,8-9,12-13,17-18,23-25H,2-3,7,10-11,14-16,19H2,1H3,(H,34,37)(H2,40,41,42). The molecular weight excluding hydrogens is 627 g/mol. The van der Waals surface area contributed by atoms with E-state index in [4.69, 9.17) is 14.5 Å². The lowest BCUT2D eigenvalue weighted by molar-refractivity contribution is -0.149. The predicted molar refractivity (Wildman–Crippen MR) is 165 cm³/mol. The molecule has 0 aliphatic carbocycles. The number of morpholine rings is 1. The summed E-state index contributed by atoms with van der Waals surface area (Å²) in [5.41, 5.74) is -4.26. The van der Waals surface area contributed by atoms with Crippen molar-refractivity contribution in [2.75, 3.05) is 26.2 Å². The van der Waals surface area contributed by atoms with Crippen molar-refractivity contribution in [2.45, 2.75) is 62.9 Å². The van der Waals surface area contributed by atoms with Crippen LogP contribution in [0.2, 0.25) is 0 Å². The Hall–Kier alpha value is -3.22. The number of carbonyl (C=O) groups is 3. The number of benzene rings is 2. The number of thiophene rings is 1. The summed E-state index contributed by atoms with van der Waals surface area (Å²) < 4.78 is 46.3. The molecule has 2 saturated heterocycles. The maximum atomic E-state index is 14.3. The Morgan fingerprint density at radius 3 is 2.60 bits per heavy atom. The highest BCUT2D eigenvalue weighted by Crippen LogP contribution is 2.59. The lowest BCUT2D eigenvalue weighted by Gasteiger charge is -2.37. The van der Waals surface area contributed by atoms with Crippen molar-refractivity contribution in [1.29, 1.82) is 0 Å². The fourth-order valence-corrected chi connectivity index (χ4v) is 7.24. The third-order valence-electron chi connectivity index (χ3n) is 8.27. The van der Waals surface area contributed by atoms with Gasteiger partial charge in [-0.25, -0.2) is 0 Å². The quantitative estimate of drug-likeness (QED) is 0.260. The summed E-state index contributed by atoms with van der Waals surface area (Å²) in [7, 11) is -5.76. The molecule has 0 saturated carbocycles.